The summed E-state index contributed by atoms with van der Waals surface area (Å²) < 4.78 is 13.2. The molecule has 0 saturated carbocycles. The van der Waals surface area contributed by atoms with Crippen LogP contribution in [0.5, 0.6) is 11.5 Å². The van der Waals surface area contributed by atoms with Crippen LogP contribution in [-0.4, -0.2) is 22.8 Å². The summed E-state index contributed by atoms with van der Waals surface area (Å²) in [7, 11) is 0. The van der Waals surface area contributed by atoms with Crippen LogP contribution in [-0.2, 0) is 6.54 Å². The van der Waals surface area contributed by atoms with E-state index in [0.29, 0.717) is 13.2 Å². The highest BCUT2D eigenvalue weighted by molar-refractivity contribution is 5.39. The van der Waals surface area contributed by atoms with E-state index >= 15 is 0 Å². The van der Waals surface area contributed by atoms with Crippen LogP contribution in [0.3, 0.4) is 0 Å². The number of benzene rings is 1. The molecule has 0 atom stereocenters. The Bertz CT molecular complexity index is 507. The van der Waals surface area contributed by atoms with Crippen molar-refractivity contribution in [3.05, 3.63) is 55.1 Å². The third kappa shape index (κ3) is 4.17. The first kappa shape index (κ1) is 13.2. The maximum atomic E-state index is 5.67. The SMILES string of the molecule is CCOc1ccccc1OC/C=C/Cn1ccnc1. The Kier molecular flexibility index (Phi) is 5.05. The topological polar surface area (TPSA) is 36.3 Å². The van der Waals surface area contributed by atoms with Crippen molar-refractivity contribution in [2.75, 3.05) is 13.2 Å². The molecule has 0 spiro atoms. The highest BCUT2D eigenvalue weighted by Gasteiger charge is 2.01. The first-order valence-electron chi connectivity index (χ1n) is 6.35. The lowest BCUT2D eigenvalue weighted by Gasteiger charge is -2.09. The molecular formula is C15H18N2O2. The molecule has 4 nitrogen and oxygen atoms in total. The predicted octanol–water partition coefficient (Wildman–Crippen LogP) is 2.92. The molecule has 0 bridgehead atoms. The molecule has 4 heteroatoms. The zero-order chi connectivity index (χ0) is 13.3. The summed E-state index contributed by atoms with van der Waals surface area (Å²) >= 11 is 0. The summed E-state index contributed by atoms with van der Waals surface area (Å²) in [5.41, 5.74) is 0. The van der Waals surface area contributed by atoms with Gasteiger partial charge in [0.1, 0.15) is 6.61 Å². The van der Waals surface area contributed by atoms with Crippen molar-refractivity contribution in [3.8, 4) is 11.5 Å². The summed E-state index contributed by atoms with van der Waals surface area (Å²) in [5.74, 6) is 1.56. The summed E-state index contributed by atoms with van der Waals surface area (Å²) in [6.45, 7) is 3.92. The highest BCUT2D eigenvalue weighted by Crippen LogP contribution is 2.26. The average molecular weight is 258 g/mol. The molecular weight excluding hydrogens is 240 g/mol. The summed E-state index contributed by atoms with van der Waals surface area (Å²) in [5, 5.41) is 0. The number of hydrogen-bond donors (Lipinski definition) is 0. The lowest BCUT2D eigenvalue weighted by Crippen LogP contribution is -1.99. The predicted molar refractivity (Wildman–Crippen MR) is 74.5 cm³/mol. The lowest BCUT2D eigenvalue weighted by atomic mass is 10.3. The zero-order valence-corrected chi connectivity index (χ0v) is 11.0. The second-order valence-electron chi connectivity index (χ2n) is 3.92. The molecule has 2 aromatic rings. The number of allylic oxidation sites excluding steroid dienone is 1. The van der Waals surface area contributed by atoms with Gasteiger partial charge in [-0.15, -0.1) is 0 Å². The number of imidazole rings is 1. The Hall–Kier alpha value is -2.23. The van der Waals surface area contributed by atoms with Crippen molar-refractivity contribution in [2.45, 2.75) is 13.5 Å². The van der Waals surface area contributed by atoms with Gasteiger partial charge in [0.05, 0.1) is 12.9 Å². The summed E-state index contributed by atoms with van der Waals surface area (Å²) in [6.07, 6.45) is 9.52. The van der Waals surface area contributed by atoms with Crippen molar-refractivity contribution in [2.24, 2.45) is 0 Å². The van der Waals surface area contributed by atoms with Gasteiger partial charge in [-0.1, -0.05) is 18.2 Å². The molecule has 0 saturated heterocycles. The molecule has 0 aliphatic rings. The van der Waals surface area contributed by atoms with Crippen molar-refractivity contribution in [1.82, 2.24) is 9.55 Å². The van der Waals surface area contributed by atoms with Crippen LogP contribution in [0.2, 0.25) is 0 Å². The van der Waals surface area contributed by atoms with Crippen molar-refractivity contribution in [1.29, 1.82) is 0 Å². The van der Waals surface area contributed by atoms with E-state index in [9.17, 15) is 0 Å². The fourth-order valence-corrected chi connectivity index (χ4v) is 1.64. The van der Waals surface area contributed by atoms with Crippen LogP contribution < -0.4 is 9.47 Å². The Morgan fingerprint density at radius 3 is 2.63 bits per heavy atom. The number of para-hydroxylation sites is 2. The standard InChI is InChI=1S/C15H18N2O2/c1-2-18-14-7-3-4-8-15(14)19-12-6-5-10-17-11-9-16-13-17/h3-9,11,13H,2,10,12H2,1H3/b6-5+. The molecule has 1 aromatic carbocycles. The van der Waals surface area contributed by atoms with Gasteiger partial charge >= 0.3 is 0 Å². The van der Waals surface area contributed by atoms with Gasteiger partial charge in [-0.25, -0.2) is 4.98 Å². The molecule has 0 N–H and O–H groups in total. The third-order valence-electron chi connectivity index (χ3n) is 2.53. The maximum Gasteiger partial charge on any atom is 0.161 e. The first-order valence-corrected chi connectivity index (χ1v) is 6.35. The van der Waals surface area contributed by atoms with Gasteiger partial charge < -0.3 is 14.0 Å². The monoisotopic (exact) mass is 258 g/mol. The maximum absolute atomic E-state index is 5.67. The van der Waals surface area contributed by atoms with Crippen LogP contribution in [0, 0.1) is 0 Å². The number of ether oxygens (including phenoxy) is 2. The second kappa shape index (κ2) is 7.26. The van der Waals surface area contributed by atoms with Gasteiger partial charge in [0.15, 0.2) is 11.5 Å². The first-order chi connectivity index (χ1) is 9.40. The molecule has 19 heavy (non-hydrogen) atoms. The van der Waals surface area contributed by atoms with E-state index in [1.165, 1.54) is 0 Å². The molecule has 1 heterocycles. The lowest BCUT2D eigenvalue weighted by molar-refractivity contribution is 0.296. The van der Waals surface area contributed by atoms with Crippen LogP contribution in [0.15, 0.2) is 55.1 Å². The van der Waals surface area contributed by atoms with E-state index in [0.717, 1.165) is 18.0 Å². The molecule has 1 aromatic heterocycles. The smallest absolute Gasteiger partial charge is 0.161 e. The summed E-state index contributed by atoms with van der Waals surface area (Å²) in [4.78, 5) is 3.98. The summed E-state index contributed by atoms with van der Waals surface area (Å²) in [6, 6.07) is 7.70. The Labute approximate surface area is 113 Å². The molecule has 0 amide bonds. The molecule has 0 radical (unpaired) electrons. The zero-order valence-electron chi connectivity index (χ0n) is 11.0. The third-order valence-corrected chi connectivity index (χ3v) is 2.53. The van der Waals surface area contributed by atoms with Gasteiger partial charge in [0.2, 0.25) is 0 Å². The van der Waals surface area contributed by atoms with E-state index in [2.05, 4.69) is 4.98 Å². The Morgan fingerprint density at radius 1 is 1.16 bits per heavy atom. The molecule has 0 fully saturated rings. The number of nitrogens with zero attached hydrogens (tertiary/aromatic N) is 2. The van der Waals surface area contributed by atoms with Crippen LogP contribution in [0.4, 0.5) is 0 Å². The van der Waals surface area contributed by atoms with Crippen molar-refractivity contribution < 1.29 is 9.47 Å². The van der Waals surface area contributed by atoms with E-state index in [1.807, 2.05) is 54.1 Å². The minimum atomic E-state index is 0.527. The molecule has 2 rings (SSSR count). The van der Waals surface area contributed by atoms with Crippen molar-refractivity contribution >= 4 is 0 Å². The van der Waals surface area contributed by atoms with E-state index in [-0.39, 0.29) is 0 Å². The van der Waals surface area contributed by atoms with E-state index in [4.69, 9.17) is 9.47 Å². The number of rotatable bonds is 7. The molecule has 0 aliphatic heterocycles. The molecule has 0 unspecified atom stereocenters. The van der Waals surface area contributed by atoms with E-state index in [1.54, 1.807) is 12.5 Å². The molecule has 0 aliphatic carbocycles. The van der Waals surface area contributed by atoms with Gasteiger partial charge in [-0.3, -0.25) is 0 Å². The van der Waals surface area contributed by atoms with Gasteiger partial charge in [0, 0.05) is 18.9 Å². The largest absolute Gasteiger partial charge is 0.490 e. The number of aromatic nitrogens is 2. The second-order valence-corrected chi connectivity index (χ2v) is 3.92. The molecule has 100 valence electrons. The number of hydrogen-bond acceptors (Lipinski definition) is 3. The van der Waals surface area contributed by atoms with Gasteiger partial charge in [0.25, 0.3) is 0 Å². The quantitative estimate of drug-likeness (QED) is 0.716. The Morgan fingerprint density at radius 2 is 1.95 bits per heavy atom. The fourth-order valence-electron chi connectivity index (χ4n) is 1.64. The minimum Gasteiger partial charge on any atom is -0.490 e. The van der Waals surface area contributed by atoms with Crippen molar-refractivity contribution in [3.63, 3.8) is 0 Å². The van der Waals surface area contributed by atoms with Crippen LogP contribution in [0.25, 0.3) is 0 Å². The normalized spacial score (nSPS) is 10.8. The Balaban J connectivity index is 1.80. The fraction of sp³-hybridized carbons (Fsp3) is 0.267. The van der Waals surface area contributed by atoms with Gasteiger partial charge in [-0.05, 0) is 25.1 Å². The highest BCUT2D eigenvalue weighted by atomic mass is 16.5. The van der Waals surface area contributed by atoms with E-state index < -0.39 is 0 Å². The van der Waals surface area contributed by atoms with Gasteiger partial charge in [-0.2, -0.15) is 0 Å². The minimum absolute atomic E-state index is 0.527. The van der Waals surface area contributed by atoms with Crippen LogP contribution >= 0.6 is 0 Å². The van der Waals surface area contributed by atoms with Crippen LogP contribution in [0.1, 0.15) is 6.92 Å². The average Bonchev–Trinajstić information content (AvgIpc) is 2.94.